The third-order valence-corrected chi connectivity index (χ3v) is 3.04. The number of nitrogens with zero attached hydrogens (tertiary/aromatic N) is 2. The lowest BCUT2D eigenvalue weighted by Crippen LogP contribution is -2.30. The van der Waals surface area contributed by atoms with Gasteiger partial charge in [-0.3, -0.25) is 9.48 Å². The quantitative estimate of drug-likeness (QED) is 0.750. The highest BCUT2D eigenvalue weighted by molar-refractivity contribution is 5.92. The molecule has 0 spiro atoms. The van der Waals surface area contributed by atoms with E-state index < -0.39 is 6.10 Å². The van der Waals surface area contributed by atoms with E-state index in [1.54, 1.807) is 4.68 Å². The van der Waals surface area contributed by atoms with Crippen molar-refractivity contribution >= 4 is 5.91 Å². The van der Waals surface area contributed by atoms with Crippen molar-refractivity contribution in [3.63, 3.8) is 0 Å². The first-order valence-electron chi connectivity index (χ1n) is 7.02. The van der Waals surface area contributed by atoms with Crippen LogP contribution in [-0.4, -0.2) is 47.2 Å². The summed E-state index contributed by atoms with van der Waals surface area (Å²) in [6.45, 7) is 7.39. The molecule has 0 aromatic carbocycles. The van der Waals surface area contributed by atoms with E-state index in [1.807, 2.05) is 26.8 Å². The second-order valence-corrected chi connectivity index (χ2v) is 5.08. The van der Waals surface area contributed by atoms with Crippen LogP contribution < -0.4 is 5.32 Å². The molecular formula is C14H25N3O3. The van der Waals surface area contributed by atoms with Gasteiger partial charge in [0.1, 0.15) is 5.69 Å². The molecule has 1 unspecified atom stereocenters. The first-order valence-corrected chi connectivity index (χ1v) is 7.02. The minimum Gasteiger partial charge on any atom is -0.391 e. The van der Waals surface area contributed by atoms with Crippen molar-refractivity contribution in [1.82, 2.24) is 15.1 Å². The Bertz CT molecular complexity index is 429. The number of nitrogens with one attached hydrogen (secondary N) is 1. The van der Waals surface area contributed by atoms with Crippen molar-refractivity contribution in [2.45, 2.75) is 45.8 Å². The highest BCUT2D eigenvalue weighted by atomic mass is 16.5. The van der Waals surface area contributed by atoms with Crippen molar-refractivity contribution in [2.75, 3.05) is 20.3 Å². The predicted octanol–water partition coefficient (Wildman–Crippen LogP) is 1.15. The normalized spacial score (nSPS) is 12.7. The summed E-state index contributed by atoms with van der Waals surface area (Å²) in [5.74, 6) is 0.133. The molecule has 1 aromatic heterocycles. The molecule has 0 bridgehead atoms. The minimum absolute atomic E-state index is 0.157. The number of methoxy groups -OCH3 is 1. The van der Waals surface area contributed by atoms with Crippen molar-refractivity contribution in [3.8, 4) is 0 Å². The molecule has 0 fully saturated rings. The number of rotatable bonds is 8. The highest BCUT2D eigenvalue weighted by Gasteiger charge is 2.16. The summed E-state index contributed by atoms with van der Waals surface area (Å²) >= 11 is 0. The largest absolute Gasteiger partial charge is 0.391 e. The van der Waals surface area contributed by atoms with E-state index >= 15 is 0 Å². The second-order valence-electron chi connectivity index (χ2n) is 5.08. The maximum absolute atomic E-state index is 12.1. The first-order chi connectivity index (χ1) is 9.49. The Labute approximate surface area is 120 Å². The molecule has 1 amide bonds. The fourth-order valence-corrected chi connectivity index (χ4v) is 1.86. The van der Waals surface area contributed by atoms with Crippen LogP contribution in [-0.2, 0) is 11.3 Å². The van der Waals surface area contributed by atoms with Gasteiger partial charge in [-0.2, -0.15) is 5.10 Å². The van der Waals surface area contributed by atoms with Crippen LogP contribution in [0.4, 0.5) is 0 Å². The number of aromatic nitrogens is 2. The van der Waals surface area contributed by atoms with Crippen LogP contribution in [0.25, 0.3) is 0 Å². The van der Waals surface area contributed by atoms with Crippen LogP contribution >= 0.6 is 0 Å². The van der Waals surface area contributed by atoms with Gasteiger partial charge in [0.15, 0.2) is 0 Å². The highest BCUT2D eigenvalue weighted by Crippen LogP contribution is 2.14. The lowest BCUT2D eigenvalue weighted by atomic mass is 10.1. The van der Waals surface area contributed by atoms with Crippen LogP contribution in [0.2, 0.25) is 0 Å². The molecule has 6 heteroatoms. The molecule has 2 N–H and O–H groups in total. The van der Waals surface area contributed by atoms with Gasteiger partial charge in [-0.25, -0.2) is 0 Å². The standard InChI is InChI=1S/C14H25N3O3/c1-5-17-13(8-12(16-17)10(2)3)14(19)15-7-6-11(18)9-20-4/h8,10-11,18H,5-7,9H2,1-4H3,(H,15,19). The van der Waals surface area contributed by atoms with Crippen LogP contribution in [0.3, 0.4) is 0 Å². The third-order valence-electron chi connectivity index (χ3n) is 3.04. The fraction of sp³-hybridized carbons (Fsp3) is 0.714. The van der Waals surface area contributed by atoms with Gasteiger partial charge >= 0.3 is 0 Å². The average Bonchev–Trinajstić information content (AvgIpc) is 2.83. The van der Waals surface area contributed by atoms with Gasteiger partial charge in [0, 0.05) is 20.2 Å². The molecule has 0 saturated heterocycles. The molecule has 0 aliphatic carbocycles. The summed E-state index contributed by atoms with van der Waals surface area (Å²) < 4.78 is 6.54. The summed E-state index contributed by atoms with van der Waals surface area (Å²) in [7, 11) is 1.54. The summed E-state index contributed by atoms with van der Waals surface area (Å²) in [5.41, 5.74) is 1.48. The molecule has 0 aliphatic rings. The van der Waals surface area contributed by atoms with Crippen molar-refractivity contribution < 1.29 is 14.6 Å². The Balaban J connectivity index is 2.58. The van der Waals surface area contributed by atoms with E-state index in [0.717, 1.165) is 5.69 Å². The molecule has 0 saturated carbocycles. The van der Waals surface area contributed by atoms with Gasteiger partial charge in [-0.1, -0.05) is 13.8 Å². The molecule has 1 aromatic rings. The lowest BCUT2D eigenvalue weighted by molar-refractivity contribution is 0.0587. The Morgan fingerprint density at radius 3 is 2.80 bits per heavy atom. The van der Waals surface area contributed by atoms with Crippen molar-refractivity contribution in [2.24, 2.45) is 0 Å². The van der Waals surface area contributed by atoms with Crippen molar-refractivity contribution in [3.05, 3.63) is 17.5 Å². The number of aryl methyl sites for hydroxylation is 1. The van der Waals surface area contributed by atoms with Gasteiger partial charge in [0.2, 0.25) is 0 Å². The summed E-state index contributed by atoms with van der Waals surface area (Å²) in [5, 5.41) is 16.7. The van der Waals surface area contributed by atoms with E-state index in [2.05, 4.69) is 10.4 Å². The SMILES string of the molecule is CCn1nc(C(C)C)cc1C(=O)NCCC(O)COC. The molecule has 114 valence electrons. The van der Waals surface area contributed by atoms with Crippen LogP contribution in [0, 0.1) is 0 Å². The van der Waals surface area contributed by atoms with Crippen molar-refractivity contribution in [1.29, 1.82) is 0 Å². The second kappa shape index (κ2) is 8.01. The van der Waals surface area contributed by atoms with Gasteiger partial charge in [0.25, 0.3) is 5.91 Å². The monoisotopic (exact) mass is 283 g/mol. The number of carbonyl (C=O) groups excluding carboxylic acids is 1. The molecule has 0 radical (unpaired) electrons. The molecule has 1 heterocycles. The van der Waals surface area contributed by atoms with Crippen LogP contribution in [0.15, 0.2) is 6.07 Å². The zero-order chi connectivity index (χ0) is 15.1. The summed E-state index contributed by atoms with van der Waals surface area (Å²) in [6.07, 6.45) is -0.0840. The minimum atomic E-state index is -0.553. The van der Waals surface area contributed by atoms with Crippen LogP contribution in [0.1, 0.15) is 49.3 Å². The van der Waals surface area contributed by atoms with E-state index in [1.165, 1.54) is 7.11 Å². The zero-order valence-corrected chi connectivity index (χ0v) is 12.7. The number of hydrogen-bond donors (Lipinski definition) is 2. The van der Waals surface area contributed by atoms with E-state index in [-0.39, 0.29) is 18.4 Å². The van der Waals surface area contributed by atoms with Gasteiger partial charge in [-0.15, -0.1) is 0 Å². The Morgan fingerprint density at radius 1 is 1.55 bits per heavy atom. The summed E-state index contributed by atoms with van der Waals surface area (Å²) in [6, 6.07) is 1.83. The molecular weight excluding hydrogens is 258 g/mol. The average molecular weight is 283 g/mol. The third kappa shape index (κ3) is 4.61. The van der Waals surface area contributed by atoms with Gasteiger partial charge in [-0.05, 0) is 25.3 Å². The Kier molecular flexibility index (Phi) is 6.67. The molecule has 6 nitrogen and oxygen atoms in total. The maximum atomic E-state index is 12.1. The first kappa shape index (κ1) is 16.7. The zero-order valence-electron chi connectivity index (χ0n) is 12.7. The number of ether oxygens (including phenoxy) is 1. The smallest absolute Gasteiger partial charge is 0.269 e. The fourth-order valence-electron chi connectivity index (χ4n) is 1.86. The molecule has 1 atom stereocenters. The molecule has 0 aliphatic heterocycles. The Hall–Kier alpha value is -1.40. The van der Waals surface area contributed by atoms with Crippen LogP contribution in [0.5, 0.6) is 0 Å². The summed E-state index contributed by atoms with van der Waals surface area (Å²) in [4.78, 5) is 12.1. The predicted molar refractivity (Wildman–Crippen MR) is 76.8 cm³/mol. The molecule has 20 heavy (non-hydrogen) atoms. The topological polar surface area (TPSA) is 76.4 Å². The van der Waals surface area contributed by atoms with Gasteiger partial charge in [0.05, 0.1) is 18.4 Å². The number of amides is 1. The molecule has 1 rings (SSSR count). The maximum Gasteiger partial charge on any atom is 0.269 e. The lowest BCUT2D eigenvalue weighted by Gasteiger charge is -2.10. The van der Waals surface area contributed by atoms with E-state index in [0.29, 0.717) is 25.2 Å². The number of carbonyl (C=O) groups is 1. The van der Waals surface area contributed by atoms with Gasteiger partial charge < -0.3 is 15.2 Å². The van der Waals surface area contributed by atoms with E-state index in [9.17, 15) is 9.90 Å². The Morgan fingerprint density at radius 2 is 2.25 bits per heavy atom. The number of aliphatic hydroxyl groups excluding tert-OH is 1. The number of hydrogen-bond acceptors (Lipinski definition) is 4. The number of aliphatic hydroxyl groups is 1. The van der Waals surface area contributed by atoms with E-state index in [4.69, 9.17) is 4.74 Å².